The van der Waals surface area contributed by atoms with Gasteiger partial charge >= 0.3 is 0 Å². The van der Waals surface area contributed by atoms with Gasteiger partial charge in [0.2, 0.25) is 0 Å². The zero-order valence-corrected chi connectivity index (χ0v) is 14.6. The Bertz CT molecular complexity index is 746. The zero-order chi connectivity index (χ0) is 14.8. The first-order valence-electron chi connectivity index (χ1n) is 7.16. The third kappa shape index (κ3) is 3.07. The molecule has 0 aliphatic rings. The first kappa shape index (κ1) is 14.8. The molecular formula is C17H18BrNOS. The fourth-order valence-electron chi connectivity index (χ4n) is 2.43. The van der Waals surface area contributed by atoms with Gasteiger partial charge in [0.1, 0.15) is 17.4 Å². The first-order valence-corrected chi connectivity index (χ1v) is 8.77. The number of rotatable bonds is 5. The monoisotopic (exact) mass is 363 g/mol. The van der Waals surface area contributed by atoms with Crippen molar-refractivity contribution in [1.29, 1.82) is 0 Å². The molecule has 2 aromatic heterocycles. The van der Waals surface area contributed by atoms with Crippen LogP contribution in [0.3, 0.4) is 0 Å². The third-order valence-electron chi connectivity index (χ3n) is 3.44. The normalized spacial score (nSPS) is 12.9. The molecule has 4 heteroatoms. The average Bonchev–Trinajstić information content (AvgIpc) is 3.07. The van der Waals surface area contributed by atoms with Gasteiger partial charge in [0, 0.05) is 15.1 Å². The van der Waals surface area contributed by atoms with E-state index < -0.39 is 0 Å². The van der Waals surface area contributed by atoms with Crippen molar-refractivity contribution >= 4 is 38.2 Å². The molecule has 0 amide bonds. The van der Waals surface area contributed by atoms with E-state index in [1.165, 1.54) is 9.75 Å². The number of furan rings is 1. The molecule has 110 valence electrons. The Balaban J connectivity index is 2.03. The summed E-state index contributed by atoms with van der Waals surface area (Å²) in [5, 5.41) is 4.73. The van der Waals surface area contributed by atoms with Crippen LogP contribution in [0.5, 0.6) is 0 Å². The lowest BCUT2D eigenvalue weighted by atomic mass is 10.1. The van der Waals surface area contributed by atoms with E-state index in [-0.39, 0.29) is 6.04 Å². The first-order chi connectivity index (χ1) is 10.2. The van der Waals surface area contributed by atoms with Crippen molar-refractivity contribution in [2.45, 2.75) is 26.3 Å². The summed E-state index contributed by atoms with van der Waals surface area (Å²) in [6, 6.07) is 12.8. The van der Waals surface area contributed by atoms with Crippen LogP contribution in [0.25, 0.3) is 11.0 Å². The minimum Gasteiger partial charge on any atom is -0.458 e. The van der Waals surface area contributed by atoms with Crippen LogP contribution in [0.15, 0.2) is 45.3 Å². The summed E-state index contributed by atoms with van der Waals surface area (Å²) in [5.74, 6) is 0.979. The molecule has 1 unspecified atom stereocenters. The standard InChI is InChI=1S/C17H18BrNOS/c1-3-9-19-16(15-8-7-11(2)21-15)14-10-12-5-4-6-13(18)17(12)20-14/h4-8,10,16,19H,3,9H2,1-2H3. The molecule has 1 aromatic carbocycles. The number of thiophene rings is 1. The van der Waals surface area contributed by atoms with E-state index in [9.17, 15) is 0 Å². The summed E-state index contributed by atoms with van der Waals surface area (Å²) in [7, 11) is 0. The van der Waals surface area contributed by atoms with Gasteiger partial charge in [0.25, 0.3) is 0 Å². The Hall–Kier alpha value is -1.10. The minimum absolute atomic E-state index is 0.128. The predicted molar refractivity (Wildman–Crippen MR) is 93.1 cm³/mol. The Kier molecular flexibility index (Phi) is 4.48. The largest absolute Gasteiger partial charge is 0.458 e. The second kappa shape index (κ2) is 6.34. The van der Waals surface area contributed by atoms with Gasteiger partial charge in [-0.3, -0.25) is 0 Å². The van der Waals surface area contributed by atoms with Gasteiger partial charge in [0.15, 0.2) is 0 Å². The van der Waals surface area contributed by atoms with Crippen LogP contribution in [0.2, 0.25) is 0 Å². The second-order valence-electron chi connectivity index (χ2n) is 5.14. The van der Waals surface area contributed by atoms with E-state index in [0.717, 1.165) is 34.2 Å². The van der Waals surface area contributed by atoms with E-state index >= 15 is 0 Å². The molecular weight excluding hydrogens is 346 g/mol. The Morgan fingerprint density at radius 3 is 2.81 bits per heavy atom. The number of hydrogen-bond donors (Lipinski definition) is 1. The minimum atomic E-state index is 0.128. The summed E-state index contributed by atoms with van der Waals surface area (Å²) < 4.78 is 7.12. The molecule has 3 rings (SSSR count). The molecule has 0 aliphatic carbocycles. The molecule has 0 aliphatic heterocycles. The van der Waals surface area contributed by atoms with Gasteiger partial charge in [-0.15, -0.1) is 11.3 Å². The van der Waals surface area contributed by atoms with Crippen molar-refractivity contribution in [2.75, 3.05) is 6.54 Å². The van der Waals surface area contributed by atoms with Gasteiger partial charge < -0.3 is 9.73 Å². The van der Waals surface area contributed by atoms with Crippen molar-refractivity contribution in [3.05, 3.63) is 56.4 Å². The number of para-hydroxylation sites is 1. The topological polar surface area (TPSA) is 25.2 Å². The van der Waals surface area contributed by atoms with Gasteiger partial charge in [-0.1, -0.05) is 19.1 Å². The van der Waals surface area contributed by atoms with E-state index in [1.54, 1.807) is 0 Å². The molecule has 0 radical (unpaired) electrons. The van der Waals surface area contributed by atoms with E-state index in [2.05, 4.69) is 59.4 Å². The second-order valence-corrected chi connectivity index (χ2v) is 7.32. The number of nitrogens with one attached hydrogen (secondary N) is 1. The summed E-state index contributed by atoms with van der Waals surface area (Å²) in [6.45, 7) is 5.29. The molecule has 0 bridgehead atoms. The van der Waals surface area contributed by atoms with Crippen molar-refractivity contribution in [1.82, 2.24) is 5.32 Å². The maximum atomic E-state index is 6.12. The lowest BCUT2D eigenvalue weighted by molar-refractivity contribution is 0.473. The molecule has 1 atom stereocenters. The Morgan fingerprint density at radius 2 is 2.14 bits per heavy atom. The quantitative estimate of drug-likeness (QED) is 0.632. The van der Waals surface area contributed by atoms with E-state index in [4.69, 9.17) is 4.42 Å². The lowest BCUT2D eigenvalue weighted by Crippen LogP contribution is -2.21. The average molecular weight is 364 g/mol. The van der Waals surface area contributed by atoms with Crippen molar-refractivity contribution in [3.8, 4) is 0 Å². The highest BCUT2D eigenvalue weighted by molar-refractivity contribution is 9.10. The predicted octanol–water partition coefficient (Wildman–Crippen LogP) is 5.65. The van der Waals surface area contributed by atoms with Crippen LogP contribution in [0.1, 0.15) is 34.9 Å². The van der Waals surface area contributed by atoms with Crippen LogP contribution < -0.4 is 5.32 Å². The molecule has 3 aromatic rings. The summed E-state index contributed by atoms with van der Waals surface area (Å²) in [6.07, 6.45) is 1.10. The highest BCUT2D eigenvalue weighted by Gasteiger charge is 2.20. The van der Waals surface area contributed by atoms with Gasteiger partial charge in [-0.05, 0) is 60.1 Å². The van der Waals surface area contributed by atoms with Crippen LogP contribution in [-0.2, 0) is 0 Å². The number of hydrogen-bond acceptors (Lipinski definition) is 3. The summed E-state index contributed by atoms with van der Waals surface area (Å²) in [4.78, 5) is 2.63. The van der Waals surface area contributed by atoms with Crippen molar-refractivity contribution in [2.24, 2.45) is 0 Å². The Labute approximate surface area is 137 Å². The number of benzene rings is 1. The molecule has 1 N–H and O–H groups in total. The van der Waals surface area contributed by atoms with Gasteiger partial charge in [-0.25, -0.2) is 0 Å². The lowest BCUT2D eigenvalue weighted by Gasteiger charge is -2.14. The smallest absolute Gasteiger partial charge is 0.148 e. The molecule has 0 saturated heterocycles. The van der Waals surface area contributed by atoms with E-state index in [0.29, 0.717) is 0 Å². The van der Waals surface area contributed by atoms with Crippen molar-refractivity contribution in [3.63, 3.8) is 0 Å². The number of fused-ring (bicyclic) bond motifs is 1. The number of aryl methyl sites for hydroxylation is 1. The maximum absolute atomic E-state index is 6.12. The molecule has 21 heavy (non-hydrogen) atoms. The molecule has 0 saturated carbocycles. The summed E-state index contributed by atoms with van der Waals surface area (Å²) in [5.41, 5.74) is 0.920. The van der Waals surface area contributed by atoms with Gasteiger partial charge in [-0.2, -0.15) is 0 Å². The van der Waals surface area contributed by atoms with Crippen LogP contribution in [0.4, 0.5) is 0 Å². The fourth-order valence-corrected chi connectivity index (χ4v) is 3.85. The van der Waals surface area contributed by atoms with Gasteiger partial charge in [0.05, 0.1) is 4.47 Å². The highest BCUT2D eigenvalue weighted by atomic mass is 79.9. The SMILES string of the molecule is CCCNC(c1cc2cccc(Br)c2o1)c1ccc(C)s1. The van der Waals surface area contributed by atoms with Crippen LogP contribution in [0, 0.1) is 6.92 Å². The summed E-state index contributed by atoms with van der Waals surface area (Å²) >= 11 is 5.38. The third-order valence-corrected chi connectivity index (χ3v) is 5.13. The Morgan fingerprint density at radius 1 is 1.29 bits per heavy atom. The van der Waals surface area contributed by atoms with Crippen LogP contribution >= 0.6 is 27.3 Å². The highest BCUT2D eigenvalue weighted by Crippen LogP contribution is 2.34. The molecule has 0 spiro atoms. The molecule has 2 nitrogen and oxygen atoms in total. The number of halogens is 1. The van der Waals surface area contributed by atoms with Crippen molar-refractivity contribution < 1.29 is 4.42 Å². The van der Waals surface area contributed by atoms with Crippen LogP contribution in [-0.4, -0.2) is 6.54 Å². The molecule has 2 heterocycles. The maximum Gasteiger partial charge on any atom is 0.148 e. The molecule has 0 fully saturated rings. The zero-order valence-electron chi connectivity index (χ0n) is 12.2. The fraction of sp³-hybridized carbons (Fsp3) is 0.294. The van der Waals surface area contributed by atoms with E-state index in [1.807, 2.05) is 23.5 Å².